The van der Waals surface area contributed by atoms with Crippen LogP contribution in [0.2, 0.25) is 5.02 Å². The summed E-state index contributed by atoms with van der Waals surface area (Å²) >= 11 is 9.17. The fourth-order valence-corrected chi connectivity index (χ4v) is 2.33. The molecule has 0 bridgehead atoms. The Balaban J connectivity index is 2.15. The van der Waals surface area contributed by atoms with Crippen molar-refractivity contribution in [3.05, 3.63) is 69.2 Å². The van der Waals surface area contributed by atoms with Crippen LogP contribution in [0.3, 0.4) is 0 Å². The molecular weight excluding hydrogens is 340 g/mol. The first-order valence-corrected chi connectivity index (χ1v) is 7.09. The van der Waals surface area contributed by atoms with E-state index < -0.39 is 0 Å². The molecule has 0 aliphatic carbocycles. The first-order chi connectivity index (χ1) is 9.60. The molecule has 0 spiro atoms. The van der Waals surface area contributed by atoms with E-state index in [0.29, 0.717) is 16.3 Å². The average molecular weight is 352 g/mol. The van der Waals surface area contributed by atoms with Crippen molar-refractivity contribution < 1.29 is 9.53 Å². The third kappa shape index (κ3) is 3.71. The van der Waals surface area contributed by atoms with E-state index in [1.54, 1.807) is 43.5 Å². The van der Waals surface area contributed by atoms with Crippen LogP contribution in [0.5, 0.6) is 5.75 Å². The summed E-state index contributed by atoms with van der Waals surface area (Å²) in [4.78, 5) is 12.1. The van der Waals surface area contributed by atoms with Crippen LogP contribution in [0.15, 0.2) is 53.0 Å². The molecule has 0 heterocycles. The van der Waals surface area contributed by atoms with Crippen molar-refractivity contribution in [2.75, 3.05) is 7.11 Å². The minimum absolute atomic E-state index is 0.0664. The average Bonchev–Trinajstić information content (AvgIpc) is 2.46. The van der Waals surface area contributed by atoms with Gasteiger partial charge in [-0.2, -0.15) is 0 Å². The molecule has 20 heavy (non-hydrogen) atoms. The summed E-state index contributed by atoms with van der Waals surface area (Å²) in [7, 11) is 1.59. The predicted molar refractivity (Wildman–Crippen MR) is 85.5 cm³/mol. The first kappa shape index (κ1) is 14.8. The zero-order valence-electron chi connectivity index (χ0n) is 10.8. The van der Waals surface area contributed by atoms with Crippen molar-refractivity contribution in [2.24, 2.45) is 0 Å². The highest BCUT2D eigenvalue weighted by molar-refractivity contribution is 9.10. The number of rotatable bonds is 4. The molecule has 0 aliphatic heterocycles. The molecule has 102 valence electrons. The number of ketones is 1. The van der Waals surface area contributed by atoms with E-state index in [0.717, 1.165) is 10.0 Å². The van der Waals surface area contributed by atoms with Crippen molar-refractivity contribution in [1.29, 1.82) is 0 Å². The quantitative estimate of drug-likeness (QED) is 0.572. The summed E-state index contributed by atoms with van der Waals surface area (Å²) in [5, 5.41) is 0.674. The number of hydrogen-bond acceptors (Lipinski definition) is 2. The second kappa shape index (κ2) is 6.73. The lowest BCUT2D eigenvalue weighted by Crippen LogP contribution is -1.95. The zero-order chi connectivity index (χ0) is 14.5. The lowest BCUT2D eigenvalue weighted by molar-refractivity contribution is 0.104. The minimum atomic E-state index is -0.0664. The summed E-state index contributed by atoms with van der Waals surface area (Å²) in [6.45, 7) is 0. The normalized spacial score (nSPS) is 10.8. The van der Waals surface area contributed by atoms with Crippen molar-refractivity contribution >= 4 is 39.4 Å². The van der Waals surface area contributed by atoms with Gasteiger partial charge in [-0.05, 0) is 57.9 Å². The van der Waals surface area contributed by atoms with Gasteiger partial charge in [0.2, 0.25) is 0 Å². The highest BCUT2D eigenvalue weighted by Gasteiger charge is 2.06. The van der Waals surface area contributed by atoms with Gasteiger partial charge >= 0.3 is 0 Å². The Hall–Kier alpha value is -1.58. The molecule has 4 heteroatoms. The zero-order valence-corrected chi connectivity index (χ0v) is 13.1. The van der Waals surface area contributed by atoms with Crippen LogP contribution in [0, 0.1) is 0 Å². The maximum atomic E-state index is 12.1. The van der Waals surface area contributed by atoms with Gasteiger partial charge in [0.25, 0.3) is 0 Å². The van der Waals surface area contributed by atoms with Crippen LogP contribution >= 0.6 is 27.5 Å². The summed E-state index contributed by atoms with van der Waals surface area (Å²) in [6.07, 6.45) is 3.30. The Bertz CT molecular complexity index is 648. The topological polar surface area (TPSA) is 26.3 Å². The Kier molecular flexibility index (Phi) is 4.99. The van der Waals surface area contributed by atoms with Gasteiger partial charge in [0.15, 0.2) is 5.78 Å². The largest absolute Gasteiger partial charge is 0.496 e. The highest BCUT2D eigenvalue weighted by atomic mass is 79.9. The summed E-state index contributed by atoms with van der Waals surface area (Å²) in [5.41, 5.74) is 1.53. The van der Waals surface area contributed by atoms with E-state index in [2.05, 4.69) is 15.9 Å². The Morgan fingerprint density at radius 3 is 2.50 bits per heavy atom. The predicted octanol–water partition coefficient (Wildman–Crippen LogP) is 5.01. The van der Waals surface area contributed by atoms with Crippen LogP contribution in [0.1, 0.15) is 15.9 Å². The number of benzene rings is 2. The summed E-state index contributed by atoms with van der Waals surface area (Å²) < 4.78 is 5.89. The second-order valence-corrected chi connectivity index (χ2v) is 5.39. The standard InChI is InChI=1S/C16H12BrClO2/c1-20-16-9-5-12(10-14(16)17)15(19)8-4-11-2-6-13(18)7-3-11/h2-10H,1H3. The van der Waals surface area contributed by atoms with E-state index in [1.807, 2.05) is 12.1 Å². The van der Waals surface area contributed by atoms with Gasteiger partial charge in [0.05, 0.1) is 11.6 Å². The first-order valence-electron chi connectivity index (χ1n) is 5.91. The number of carbonyl (C=O) groups excluding carboxylic acids is 1. The van der Waals surface area contributed by atoms with Crippen LogP contribution < -0.4 is 4.74 Å². The van der Waals surface area contributed by atoms with Gasteiger partial charge in [0, 0.05) is 10.6 Å². The van der Waals surface area contributed by atoms with Crippen LogP contribution in [0.25, 0.3) is 6.08 Å². The molecule has 2 aromatic rings. The SMILES string of the molecule is COc1ccc(C(=O)C=Cc2ccc(Cl)cc2)cc1Br. The van der Waals surface area contributed by atoms with Crippen molar-refractivity contribution in [1.82, 2.24) is 0 Å². The fourth-order valence-electron chi connectivity index (χ4n) is 1.66. The van der Waals surface area contributed by atoms with Crippen LogP contribution in [-0.4, -0.2) is 12.9 Å². The number of hydrogen-bond donors (Lipinski definition) is 0. The maximum Gasteiger partial charge on any atom is 0.185 e. The van der Waals surface area contributed by atoms with E-state index in [1.165, 1.54) is 6.08 Å². The van der Waals surface area contributed by atoms with Gasteiger partial charge in [-0.3, -0.25) is 4.79 Å². The lowest BCUT2D eigenvalue weighted by atomic mass is 10.1. The van der Waals surface area contributed by atoms with E-state index >= 15 is 0 Å². The fraction of sp³-hybridized carbons (Fsp3) is 0.0625. The number of ether oxygens (including phenoxy) is 1. The molecule has 2 nitrogen and oxygen atoms in total. The van der Waals surface area contributed by atoms with Gasteiger partial charge < -0.3 is 4.74 Å². The van der Waals surface area contributed by atoms with Crippen LogP contribution in [-0.2, 0) is 0 Å². The van der Waals surface area contributed by atoms with E-state index in [9.17, 15) is 4.79 Å². The van der Waals surface area contributed by atoms with Crippen molar-refractivity contribution in [2.45, 2.75) is 0 Å². The maximum absolute atomic E-state index is 12.1. The smallest absolute Gasteiger partial charge is 0.185 e. The minimum Gasteiger partial charge on any atom is -0.496 e. The Morgan fingerprint density at radius 2 is 1.90 bits per heavy atom. The number of carbonyl (C=O) groups is 1. The Labute approximate surface area is 131 Å². The summed E-state index contributed by atoms with van der Waals surface area (Å²) in [5.74, 6) is 0.631. The molecule has 0 atom stereocenters. The van der Waals surface area contributed by atoms with Gasteiger partial charge in [0.1, 0.15) is 5.75 Å². The van der Waals surface area contributed by atoms with Gasteiger partial charge in [-0.1, -0.05) is 29.8 Å². The monoisotopic (exact) mass is 350 g/mol. The number of allylic oxidation sites excluding steroid dienone is 1. The van der Waals surface area contributed by atoms with Gasteiger partial charge in [-0.25, -0.2) is 0 Å². The van der Waals surface area contributed by atoms with Crippen molar-refractivity contribution in [3.8, 4) is 5.75 Å². The molecule has 0 radical (unpaired) electrons. The number of methoxy groups -OCH3 is 1. The second-order valence-electron chi connectivity index (χ2n) is 4.10. The van der Waals surface area contributed by atoms with Crippen LogP contribution in [0.4, 0.5) is 0 Å². The van der Waals surface area contributed by atoms with Crippen molar-refractivity contribution in [3.63, 3.8) is 0 Å². The molecule has 0 amide bonds. The molecule has 2 rings (SSSR count). The molecular formula is C16H12BrClO2. The molecule has 0 N–H and O–H groups in total. The van der Waals surface area contributed by atoms with E-state index in [-0.39, 0.29) is 5.78 Å². The Morgan fingerprint density at radius 1 is 1.20 bits per heavy atom. The molecule has 0 aliphatic rings. The third-order valence-corrected chi connectivity index (χ3v) is 3.61. The molecule has 0 unspecified atom stereocenters. The summed E-state index contributed by atoms with van der Waals surface area (Å²) in [6, 6.07) is 12.5. The van der Waals surface area contributed by atoms with Gasteiger partial charge in [-0.15, -0.1) is 0 Å². The molecule has 0 saturated carbocycles. The molecule has 0 saturated heterocycles. The lowest BCUT2D eigenvalue weighted by Gasteiger charge is -2.04. The molecule has 0 aromatic heterocycles. The molecule has 2 aromatic carbocycles. The highest BCUT2D eigenvalue weighted by Crippen LogP contribution is 2.25. The van der Waals surface area contributed by atoms with E-state index in [4.69, 9.17) is 16.3 Å². The number of halogens is 2. The third-order valence-electron chi connectivity index (χ3n) is 2.73. The molecule has 0 fully saturated rings.